The molecular formula is C13H18BrN5O. The molecule has 108 valence electrons. The number of nitrogens with zero attached hydrogens (tertiary/aromatic N) is 4. The van der Waals surface area contributed by atoms with Crippen molar-refractivity contribution in [3.05, 3.63) is 22.6 Å². The van der Waals surface area contributed by atoms with Gasteiger partial charge in [-0.2, -0.15) is 5.10 Å². The lowest BCUT2D eigenvalue weighted by Gasteiger charge is -2.09. The molecule has 0 atom stereocenters. The van der Waals surface area contributed by atoms with Crippen LogP contribution < -0.4 is 5.32 Å². The van der Waals surface area contributed by atoms with Crippen LogP contribution in [0, 0.1) is 0 Å². The lowest BCUT2D eigenvalue weighted by atomic mass is 10.3. The highest BCUT2D eigenvalue weighted by atomic mass is 79.9. The lowest BCUT2D eigenvalue weighted by Crippen LogP contribution is -2.04. The number of aryl methyl sites for hydroxylation is 1. The van der Waals surface area contributed by atoms with Crippen LogP contribution in [0.25, 0.3) is 11.4 Å². The molecule has 1 N–H and O–H groups in total. The molecule has 2 aromatic rings. The van der Waals surface area contributed by atoms with Gasteiger partial charge in [-0.3, -0.25) is 4.68 Å². The van der Waals surface area contributed by atoms with Crippen LogP contribution in [0.15, 0.2) is 16.9 Å². The molecule has 0 amide bonds. The van der Waals surface area contributed by atoms with Crippen molar-refractivity contribution in [3.63, 3.8) is 0 Å². The van der Waals surface area contributed by atoms with Gasteiger partial charge in [-0.05, 0) is 22.4 Å². The van der Waals surface area contributed by atoms with Gasteiger partial charge in [0.15, 0.2) is 5.82 Å². The number of methoxy groups -OCH3 is 1. The van der Waals surface area contributed by atoms with Crippen LogP contribution in [0.5, 0.6) is 0 Å². The summed E-state index contributed by atoms with van der Waals surface area (Å²) in [6, 6.07) is 0. The molecule has 7 heteroatoms. The van der Waals surface area contributed by atoms with E-state index in [1.165, 1.54) is 0 Å². The van der Waals surface area contributed by atoms with Crippen molar-refractivity contribution in [2.24, 2.45) is 0 Å². The van der Waals surface area contributed by atoms with E-state index in [-0.39, 0.29) is 0 Å². The first-order valence-electron chi connectivity index (χ1n) is 6.45. The molecule has 0 bridgehead atoms. The van der Waals surface area contributed by atoms with Crippen molar-refractivity contribution < 1.29 is 4.74 Å². The SMILES string of the molecule is CCCn1cc(-c2nc(COC)c(Br)c(NC)n2)cn1. The maximum atomic E-state index is 5.17. The Kier molecular flexibility index (Phi) is 5.08. The first kappa shape index (κ1) is 14.9. The average Bonchev–Trinajstić information content (AvgIpc) is 2.90. The number of hydrogen-bond acceptors (Lipinski definition) is 5. The number of aromatic nitrogens is 4. The van der Waals surface area contributed by atoms with Gasteiger partial charge in [0.2, 0.25) is 0 Å². The van der Waals surface area contributed by atoms with Crippen LogP contribution in [-0.2, 0) is 17.9 Å². The minimum Gasteiger partial charge on any atom is -0.378 e. The van der Waals surface area contributed by atoms with Crippen LogP contribution in [0.1, 0.15) is 19.0 Å². The van der Waals surface area contributed by atoms with Crippen molar-refractivity contribution in [1.29, 1.82) is 0 Å². The molecule has 0 radical (unpaired) electrons. The van der Waals surface area contributed by atoms with Gasteiger partial charge >= 0.3 is 0 Å². The molecule has 0 aromatic carbocycles. The minimum absolute atomic E-state index is 0.424. The zero-order chi connectivity index (χ0) is 14.5. The Labute approximate surface area is 126 Å². The number of ether oxygens (including phenoxy) is 1. The Morgan fingerprint density at radius 3 is 2.85 bits per heavy atom. The molecule has 0 aliphatic rings. The fourth-order valence-corrected chi connectivity index (χ4v) is 2.34. The van der Waals surface area contributed by atoms with E-state index in [1.807, 2.05) is 17.9 Å². The summed E-state index contributed by atoms with van der Waals surface area (Å²) in [7, 11) is 3.47. The summed E-state index contributed by atoms with van der Waals surface area (Å²) in [4.78, 5) is 9.04. The highest BCUT2D eigenvalue weighted by Crippen LogP contribution is 2.27. The monoisotopic (exact) mass is 339 g/mol. The van der Waals surface area contributed by atoms with Gasteiger partial charge in [-0.1, -0.05) is 6.92 Å². The van der Waals surface area contributed by atoms with Crippen LogP contribution in [-0.4, -0.2) is 33.9 Å². The van der Waals surface area contributed by atoms with E-state index in [4.69, 9.17) is 4.74 Å². The Balaban J connectivity index is 2.41. The summed E-state index contributed by atoms with van der Waals surface area (Å²) >= 11 is 3.49. The van der Waals surface area contributed by atoms with E-state index in [0.29, 0.717) is 12.4 Å². The smallest absolute Gasteiger partial charge is 0.165 e. The van der Waals surface area contributed by atoms with Gasteiger partial charge in [0.1, 0.15) is 5.82 Å². The molecule has 0 aliphatic carbocycles. The standard InChI is InChI=1S/C13H18BrN5O/c1-4-5-19-7-9(6-16-19)12-17-10(8-20-3)11(14)13(15-2)18-12/h6-7H,4-5,8H2,1-3H3,(H,15,17,18). The first-order chi connectivity index (χ1) is 9.69. The summed E-state index contributed by atoms with van der Waals surface area (Å²) in [5.74, 6) is 1.39. The van der Waals surface area contributed by atoms with Gasteiger partial charge < -0.3 is 10.1 Å². The van der Waals surface area contributed by atoms with Crippen molar-refractivity contribution in [2.75, 3.05) is 19.5 Å². The fraction of sp³-hybridized carbons (Fsp3) is 0.462. The normalized spacial score (nSPS) is 10.8. The maximum absolute atomic E-state index is 5.17. The van der Waals surface area contributed by atoms with E-state index in [2.05, 4.69) is 43.2 Å². The molecule has 0 unspecified atom stereocenters. The molecular weight excluding hydrogens is 322 g/mol. The summed E-state index contributed by atoms with van der Waals surface area (Å²) < 4.78 is 7.90. The summed E-state index contributed by atoms with van der Waals surface area (Å²) in [5.41, 5.74) is 1.71. The molecule has 20 heavy (non-hydrogen) atoms. The van der Waals surface area contributed by atoms with E-state index < -0.39 is 0 Å². The third kappa shape index (κ3) is 3.16. The van der Waals surface area contributed by atoms with Gasteiger partial charge in [0, 0.05) is 26.9 Å². The number of halogens is 1. The summed E-state index contributed by atoms with van der Waals surface area (Å²) in [5, 5.41) is 7.36. The van der Waals surface area contributed by atoms with Crippen molar-refractivity contribution in [2.45, 2.75) is 26.5 Å². The van der Waals surface area contributed by atoms with Crippen LogP contribution in [0.3, 0.4) is 0 Å². The summed E-state index contributed by atoms with van der Waals surface area (Å²) in [6.07, 6.45) is 4.79. The minimum atomic E-state index is 0.424. The molecule has 2 rings (SSSR count). The number of anilines is 1. The molecule has 0 aliphatic heterocycles. The Hall–Kier alpha value is -1.47. The summed E-state index contributed by atoms with van der Waals surface area (Å²) in [6.45, 7) is 3.43. The molecule has 0 saturated heterocycles. The molecule has 2 aromatic heterocycles. The highest BCUT2D eigenvalue weighted by Gasteiger charge is 2.13. The Bertz CT molecular complexity index is 584. The average molecular weight is 340 g/mol. The Morgan fingerprint density at radius 2 is 2.20 bits per heavy atom. The molecule has 0 saturated carbocycles. The Morgan fingerprint density at radius 1 is 1.40 bits per heavy atom. The predicted molar refractivity (Wildman–Crippen MR) is 81.5 cm³/mol. The van der Waals surface area contributed by atoms with Crippen molar-refractivity contribution in [1.82, 2.24) is 19.7 Å². The lowest BCUT2D eigenvalue weighted by molar-refractivity contribution is 0.181. The second-order valence-electron chi connectivity index (χ2n) is 4.33. The highest BCUT2D eigenvalue weighted by molar-refractivity contribution is 9.10. The molecule has 0 fully saturated rings. The number of rotatable bonds is 6. The zero-order valence-electron chi connectivity index (χ0n) is 11.9. The van der Waals surface area contributed by atoms with Crippen LogP contribution >= 0.6 is 15.9 Å². The van der Waals surface area contributed by atoms with E-state index in [0.717, 1.165) is 34.5 Å². The second kappa shape index (κ2) is 6.81. The molecule has 0 spiro atoms. The quantitative estimate of drug-likeness (QED) is 0.876. The first-order valence-corrected chi connectivity index (χ1v) is 7.24. The predicted octanol–water partition coefficient (Wildman–Crippen LogP) is 2.70. The van der Waals surface area contributed by atoms with Crippen molar-refractivity contribution in [3.8, 4) is 11.4 Å². The van der Waals surface area contributed by atoms with Crippen molar-refractivity contribution >= 4 is 21.7 Å². The van der Waals surface area contributed by atoms with E-state index >= 15 is 0 Å². The van der Waals surface area contributed by atoms with Crippen LogP contribution in [0.2, 0.25) is 0 Å². The molecule has 2 heterocycles. The van der Waals surface area contributed by atoms with Gasteiger partial charge in [0.25, 0.3) is 0 Å². The second-order valence-corrected chi connectivity index (χ2v) is 5.12. The fourth-order valence-electron chi connectivity index (χ4n) is 1.85. The maximum Gasteiger partial charge on any atom is 0.165 e. The zero-order valence-corrected chi connectivity index (χ0v) is 13.4. The number of nitrogens with one attached hydrogen (secondary N) is 1. The van der Waals surface area contributed by atoms with E-state index in [9.17, 15) is 0 Å². The van der Waals surface area contributed by atoms with Gasteiger partial charge in [0.05, 0.1) is 28.5 Å². The molecule has 6 nitrogen and oxygen atoms in total. The topological polar surface area (TPSA) is 64.9 Å². The number of hydrogen-bond donors (Lipinski definition) is 1. The van der Waals surface area contributed by atoms with Gasteiger partial charge in [-0.15, -0.1) is 0 Å². The van der Waals surface area contributed by atoms with E-state index in [1.54, 1.807) is 13.3 Å². The van der Waals surface area contributed by atoms with Gasteiger partial charge in [-0.25, -0.2) is 9.97 Å². The van der Waals surface area contributed by atoms with Crippen LogP contribution in [0.4, 0.5) is 5.82 Å². The third-order valence-electron chi connectivity index (χ3n) is 2.78. The third-order valence-corrected chi connectivity index (χ3v) is 3.62. The largest absolute Gasteiger partial charge is 0.378 e.